The Balaban J connectivity index is 2.21. The summed E-state index contributed by atoms with van der Waals surface area (Å²) >= 11 is 0. The van der Waals surface area contributed by atoms with Crippen molar-refractivity contribution in [1.82, 2.24) is 74.0 Å². The van der Waals surface area contributed by atoms with Gasteiger partial charge in [-0.3, -0.25) is 72.1 Å². The van der Waals surface area contributed by atoms with Crippen LogP contribution >= 0.6 is 0 Å². The molecule has 40 heteroatoms. The maximum absolute atomic E-state index is 14.1. The topological polar surface area (TPSA) is 648 Å². The summed E-state index contributed by atoms with van der Waals surface area (Å²) in [7, 11) is 0. The summed E-state index contributed by atoms with van der Waals surface area (Å²) in [6, 6.07) is -15.3. The molecule has 40 nitrogen and oxygen atoms in total. The maximum Gasteiger partial charge on any atom is 0.328 e. The number of phenols is 1. The minimum atomic E-state index is -1.79. The van der Waals surface area contributed by atoms with Gasteiger partial charge in [-0.2, -0.15) is 0 Å². The van der Waals surface area contributed by atoms with Gasteiger partial charge in [-0.15, -0.1) is 0 Å². The quantitative estimate of drug-likeness (QED) is 0.0164. The van der Waals surface area contributed by atoms with Gasteiger partial charge < -0.3 is 127 Å². The monoisotopic (exact) mass is 1440 g/mol. The Morgan fingerprint density at radius 3 is 1.44 bits per heavy atom. The molecule has 2 rings (SSSR count). The molecule has 0 unspecified atom stereocenters. The van der Waals surface area contributed by atoms with Crippen molar-refractivity contribution in [2.45, 2.75) is 192 Å². The first kappa shape index (κ1) is 87.2. The van der Waals surface area contributed by atoms with Gasteiger partial charge in [0.05, 0.1) is 39.1 Å². The second-order valence-corrected chi connectivity index (χ2v) is 24.8. The smallest absolute Gasteiger partial charge is 0.328 e. The summed E-state index contributed by atoms with van der Waals surface area (Å²) in [4.78, 5) is 204. The zero-order valence-corrected chi connectivity index (χ0v) is 57.7. The summed E-state index contributed by atoms with van der Waals surface area (Å²) in [6.45, 7) is 7.92. The normalized spacial score (nSPS) is 16.8. The third-order valence-electron chi connectivity index (χ3n) is 15.5. The molecule has 101 heavy (non-hydrogen) atoms. The molecule has 0 radical (unpaired) electrons. The van der Waals surface area contributed by atoms with Crippen LogP contribution in [0.4, 0.5) is 0 Å². The van der Waals surface area contributed by atoms with Crippen molar-refractivity contribution >= 4 is 94.6 Å². The number of hydrogen-bond donors (Lipinski definition) is 23. The number of carbonyl (C=O) groups excluding carboxylic acids is 14. The van der Waals surface area contributed by atoms with E-state index in [9.17, 15) is 103 Å². The Labute approximate surface area is 581 Å². The largest absolute Gasteiger partial charge is 0.508 e. The highest BCUT2D eigenvalue weighted by atomic mass is 16.4. The summed E-state index contributed by atoms with van der Waals surface area (Å²) in [5.74, 6) is -16.5. The molecular weight excluding hydrogens is 1340 g/mol. The summed E-state index contributed by atoms with van der Waals surface area (Å²) in [6.07, 6.45) is -1.59. The molecule has 1 fully saturated rings. The Morgan fingerprint density at radius 2 is 0.950 bits per heavy atom. The lowest BCUT2D eigenvalue weighted by molar-refractivity contribution is -0.143. The SMILES string of the molecule is CC(C)C[C@H](NC(=O)[C@@H]1CCCN1C(=O)CNC(=O)[C@H](CCCN=C(N)N)NC(=O)[C@@H](NC(=O)[C@@H](NC(=O)[C@H](C)NC(=O)[C@H](C)NC(=O)[C@H](Cc1ccc(O)cc1)NC(=O)[C@H](C)NC(=O)[C@@H](N)CO)[C@@H](C)O)C(C)C)C(=O)N[C@@H](CO)C(=O)N[C@@H](CO)C(=O)N[C@@H](C)C(=O)N[C@@H](CO)C(=O)O. The summed E-state index contributed by atoms with van der Waals surface area (Å²) in [5, 5.41) is 98.6. The van der Waals surface area contributed by atoms with Gasteiger partial charge in [0.1, 0.15) is 90.3 Å². The molecule has 1 saturated heterocycles. The molecule has 0 bridgehead atoms. The van der Waals surface area contributed by atoms with E-state index in [1.807, 2.05) is 5.32 Å². The highest BCUT2D eigenvalue weighted by molar-refractivity contribution is 6.00. The standard InChI is InChI=1S/C61H100N18O22/c1-27(2)20-38(54(94)74-41(25-82)56(96)75-40(24-81)55(95)70-31(7)49(89)76-42(26-83)60(100)101)73-57(97)43-13-11-19-79(43)44(86)22-66-52(92)37(12-10-18-65-61(63)64)71-58(98)45(28(3)4)77-59(99)46(33(9)84)78-50(90)32(8)67-47(87)29(5)69-53(93)39(21-34-14-16-35(85)17-15-34)72-48(88)30(6)68-51(91)36(62)23-80/h14-17,27-33,36-43,45-46,80-85H,10-13,18-26,62H2,1-9H3,(H,66,92)(H,67,87)(H,68,91)(H,69,93)(H,70,95)(H,71,98)(H,72,88)(H,73,97)(H,74,94)(H,75,96)(H,76,89)(H,77,99)(H,78,90)(H,100,101)(H4,63,64,65)/t29-,30-,31-,32-,33+,36-,37-,38-,39-,40-,41-,42-,43-,45-,46-/m0/s1. The van der Waals surface area contributed by atoms with Crippen molar-refractivity contribution in [3.05, 3.63) is 29.8 Å². The van der Waals surface area contributed by atoms with Crippen molar-refractivity contribution in [3.63, 3.8) is 0 Å². The number of aromatic hydroxyl groups is 1. The molecule has 1 aliphatic rings. The number of carboxylic acid groups (broad SMARTS) is 1. The highest BCUT2D eigenvalue weighted by Crippen LogP contribution is 2.19. The number of nitrogens with zero attached hydrogens (tertiary/aromatic N) is 2. The Hall–Kier alpha value is -9.90. The number of benzene rings is 1. The molecule has 0 saturated carbocycles. The van der Waals surface area contributed by atoms with E-state index in [4.69, 9.17) is 22.3 Å². The van der Waals surface area contributed by atoms with E-state index in [1.54, 1.807) is 13.8 Å². The third kappa shape index (κ3) is 29.4. The van der Waals surface area contributed by atoms with Crippen LogP contribution in [0.2, 0.25) is 0 Å². The third-order valence-corrected chi connectivity index (χ3v) is 15.5. The Kier molecular flexibility index (Phi) is 37.0. The molecule has 0 spiro atoms. The first-order valence-corrected chi connectivity index (χ1v) is 32.5. The van der Waals surface area contributed by atoms with Gasteiger partial charge in [0, 0.05) is 19.5 Å². The number of carbonyl (C=O) groups is 15. The molecule has 1 aromatic rings. The number of nitrogens with two attached hydrogens (primary N) is 3. The van der Waals surface area contributed by atoms with E-state index in [1.165, 1.54) is 58.9 Å². The minimum Gasteiger partial charge on any atom is -0.508 e. The number of aliphatic hydroxyl groups is 5. The van der Waals surface area contributed by atoms with Crippen LogP contribution in [0.3, 0.4) is 0 Å². The zero-order valence-electron chi connectivity index (χ0n) is 57.7. The van der Waals surface area contributed by atoms with Crippen LogP contribution in [-0.4, -0.2) is 272 Å². The summed E-state index contributed by atoms with van der Waals surface area (Å²) in [5.41, 5.74) is 17.0. The second kappa shape index (κ2) is 42.9. The maximum atomic E-state index is 14.1. The van der Waals surface area contributed by atoms with E-state index in [0.29, 0.717) is 5.56 Å². The molecule has 0 aromatic heterocycles. The molecule has 26 N–H and O–H groups in total. The lowest BCUT2D eigenvalue weighted by atomic mass is 10.0. The molecule has 15 atom stereocenters. The predicted molar refractivity (Wildman–Crippen MR) is 355 cm³/mol. The first-order valence-electron chi connectivity index (χ1n) is 32.5. The van der Waals surface area contributed by atoms with Gasteiger partial charge in [-0.25, -0.2) is 4.79 Å². The number of guanidine groups is 1. The van der Waals surface area contributed by atoms with E-state index < -0.39 is 218 Å². The van der Waals surface area contributed by atoms with Crippen LogP contribution in [-0.2, 0) is 78.3 Å². The lowest BCUT2D eigenvalue weighted by Gasteiger charge is -2.29. The highest BCUT2D eigenvalue weighted by Gasteiger charge is 2.40. The Bertz CT molecular complexity index is 3080. The van der Waals surface area contributed by atoms with E-state index >= 15 is 0 Å². The number of carboxylic acids is 1. The van der Waals surface area contributed by atoms with Crippen molar-refractivity contribution in [1.29, 1.82) is 0 Å². The number of aliphatic imine (C=N–C) groups is 1. The van der Waals surface area contributed by atoms with Gasteiger partial charge in [0.15, 0.2) is 5.96 Å². The van der Waals surface area contributed by atoms with Crippen molar-refractivity contribution < 1.29 is 108 Å². The van der Waals surface area contributed by atoms with Gasteiger partial charge in [-0.05, 0) is 96.3 Å². The molecule has 1 heterocycles. The fraction of sp³-hybridized carbons (Fsp3) is 0.639. The van der Waals surface area contributed by atoms with Crippen molar-refractivity contribution in [2.75, 3.05) is 46.1 Å². The van der Waals surface area contributed by atoms with Crippen LogP contribution in [0.15, 0.2) is 29.3 Å². The van der Waals surface area contributed by atoms with Gasteiger partial charge in [-0.1, -0.05) is 39.8 Å². The molecular formula is C61H100N18O22. The van der Waals surface area contributed by atoms with E-state index in [-0.39, 0.29) is 69.2 Å². The molecule has 1 aliphatic heterocycles. The molecule has 14 amide bonds. The second-order valence-electron chi connectivity index (χ2n) is 24.8. The fourth-order valence-corrected chi connectivity index (χ4v) is 9.61. The van der Waals surface area contributed by atoms with E-state index in [0.717, 1.165) is 18.7 Å². The van der Waals surface area contributed by atoms with E-state index in [2.05, 4.69) is 68.8 Å². The number of likely N-dealkylation sites (tertiary alicyclic amines) is 1. The number of aliphatic hydroxyl groups excluding tert-OH is 5. The predicted octanol–water partition coefficient (Wildman–Crippen LogP) is -10.5. The van der Waals surface area contributed by atoms with Crippen LogP contribution < -0.4 is 86.3 Å². The van der Waals surface area contributed by atoms with Crippen molar-refractivity contribution in [2.24, 2.45) is 34.0 Å². The first-order chi connectivity index (χ1) is 47.3. The average Bonchev–Trinajstić information content (AvgIpc) is 1.77. The van der Waals surface area contributed by atoms with Crippen LogP contribution in [0.1, 0.15) is 100.0 Å². The van der Waals surface area contributed by atoms with Crippen LogP contribution in [0.5, 0.6) is 5.75 Å². The number of rotatable bonds is 42. The number of amides is 14. The number of aliphatic carboxylic acids is 1. The van der Waals surface area contributed by atoms with Gasteiger partial charge in [0.25, 0.3) is 0 Å². The molecule has 1 aromatic carbocycles. The van der Waals surface area contributed by atoms with Gasteiger partial charge in [0.2, 0.25) is 82.7 Å². The Morgan fingerprint density at radius 1 is 0.515 bits per heavy atom. The van der Waals surface area contributed by atoms with Crippen molar-refractivity contribution in [3.8, 4) is 5.75 Å². The number of nitrogens with one attached hydrogen (secondary N) is 13. The number of hydrogen-bond acceptors (Lipinski definition) is 23. The zero-order chi connectivity index (χ0) is 76.7. The number of phenolic OH excluding ortho intramolecular Hbond substituents is 1. The van der Waals surface area contributed by atoms with Gasteiger partial charge >= 0.3 is 5.97 Å². The lowest BCUT2D eigenvalue weighted by Crippen LogP contribution is -2.62. The minimum absolute atomic E-state index is 0.00861. The average molecular weight is 1440 g/mol. The summed E-state index contributed by atoms with van der Waals surface area (Å²) < 4.78 is 0. The van der Waals surface area contributed by atoms with Crippen LogP contribution in [0, 0.1) is 11.8 Å². The van der Waals surface area contributed by atoms with Crippen LogP contribution in [0.25, 0.3) is 0 Å². The molecule has 566 valence electrons. The fourth-order valence-electron chi connectivity index (χ4n) is 9.61. The molecule has 0 aliphatic carbocycles.